The van der Waals surface area contributed by atoms with Crippen LogP contribution in [0.25, 0.3) is 0 Å². The molecule has 1 N–H and O–H groups in total. The average molecular weight is 257 g/mol. The molecule has 1 aromatic carbocycles. The molecule has 2 aliphatic carbocycles. The number of hydrogen-bond donors (Lipinski definition) is 1. The maximum Gasteiger partial charge on any atom is 0.123 e. The third-order valence-electron chi connectivity index (χ3n) is 5.09. The smallest absolute Gasteiger partial charge is 0.123 e. The Balaban J connectivity index is 1.84. The first-order valence-electron chi connectivity index (χ1n) is 8.09. The summed E-state index contributed by atoms with van der Waals surface area (Å²) in [5.74, 6) is 1.73. The van der Waals surface area contributed by atoms with Crippen LogP contribution in [0.4, 0.5) is 0 Å². The Labute approximate surface area is 117 Å². The number of rotatable bonds is 2. The fourth-order valence-corrected chi connectivity index (χ4v) is 3.97. The first kappa shape index (κ1) is 13.0. The first-order valence-corrected chi connectivity index (χ1v) is 8.09. The van der Waals surface area contributed by atoms with Crippen LogP contribution in [0.5, 0.6) is 5.75 Å². The second-order valence-electron chi connectivity index (χ2n) is 6.37. The molecule has 0 bridgehead atoms. The Hall–Kier alpha value is -0.980. The quantitative estimate of drug-likeness (QED) is 0.763. The van der Waals surface area contributed by atoms with Crippen molar-refractivity contribution in [2.24, 2.45) is 0 Å². The lowest BCUT2D eigenvalue weighted by molar-refractivity contribution is 0.393. The van der Waals surface area contributed by atoms with Crippen molar-refractivity contribution in [3.63, 3.8) is 0 Å². The third kappa shape index (κ3) is 2.80. The van der Waals surface area contributed by atoms with Crippen LogP contribution in [-0.4, -0.2) is 5.11 Å². The van der Waals surface area contributed by atoms with Gasteiger partial charge in [0.25, 0.3) is 0 Å². The van der Waals surface area contributed by atoms with E-state index in [9.17, 15) is 5.11 Å². The number of aromatic hydroxyl groups is 1. The minimum atomic E-state index is 0.553. The van der Waals surface area contributed by atoms with Crippen molar-refractivity contribution in [3.8, 4) is 5.75 Å². The molecule has 2 aliphatic rings. The van der Waals surface area contributed by atoms with E-state index in [0.29, 0.717) is 17.6 Å². The van der Waals surface area contributed by atoms with E-state index in [2.05, 4.69) is 12.1 Å². The van der Waals surface area contributed by atoms with Gasteiger partial charge < -0.3 is 5.11 Å². The van der Waals surface area contributed by atoms with E-state index in [0.717, 1.165) is 5.56 Å². The molecule has 0 heterocycles. The zero-order chi connectivity index (χ0) is 13.1. The largest absolute Gasteiger partial charge is 0.507 e. The molecule has 0 saturated heterocycles. The number of phenolic OH excluding ortho intramolecular Hbond substituents is 1. The minimum Gasteiger partial charge on any atom is -0.507 e. The molecule has 2 fully saturated rings. The van der Waals surface area contributed by atoms with Crippen LogP contribution < -0.4 is 0 Å². The van der Waals surface area contributed by atoms with Gasteiger partial charge in [-0.25, -0.2) is 0 Å². The highest BCUT2D eigenvalue weighted by atomic mass is 16.3. The molecule has 103 valence electrons. The molecule has 1 aromatic rings. The monoisotopic (exact) mass is 257 g/mol. The summed E-state index contributed by atoms with van der Waals surface area (Å²) < 4.78 is 0. The van der Waals surface area contributed by atoms with Gasteiger partial charge in [0, 0.05) is 5.56 Å². The summed E-state index contributed by atoms with van der Waals surface area (Å²) in [6.07, 6.45) is 13.0. The van der Waals surface area contributed by atoms with Crippen LogP contribution in [0.1, 0.15) is 87.2 Å². The molecule has 3 rings (SSSR count). The highest BCUT2D eigenvalue weighted by molar-refractivity contribution is 5.44. The van der Waals surface area contributed by atoms with Gasteiger partial charge in [0.2, 0.25) is 0 Å². The molecule has 0 amide bonds. The second kappa shape index (κ2) is 5.98. The van der Waals surface area contributed by atoms with Crippen molar-refractivity contribution in [1.29, 1.82) is 0 Å². The van der Waals surface area contributed by atoms with Gasteiger partial charge >= 0.3 is 0 Å². The summed E-state index contributed by atoms with van der Waals surface area (Å²) in [5, 5.41) is 10.7. The molecular formula is C18H25O. The van der Waals surface area contributed by atoms with Gasteiger partial charge in [0.1, 0.15) is 5.75 Å². The Morgan fingerprint density at radius 3 is 2.05 bits per heavy atom. The van der Waals surface area contributed by atoms with Gasteiger partial charge in [-0.3, -0.25) is 0 Å². The molecule has 1 radical (unpaired) electrons. The molecule has 2 saturated carbocycles. The number of hydrogen-bond acceptors (Lipinski definition) is 1. The van der Waals surface area contributed by atoms with E-state index < -0.39 is 0 Å². The minimum absolute atomic E-state index is 0.553. The van der Waals surface area contributed by atoms with Crippen LogP contribution in [0.15, 0.2) is 12.1 Å². The van der Waals surface area contributed by atoms with Gasteiger partial charge in [0.15, 0.2) is 0 Å². The van der Waals surface area contributed by atoms with Crippen molar-refractivity contribution in [1.82, 2.24) is 0 Å². The molecule has 1 heteroatoms. The van der Waals surface area contributed by atoms with Crippen molar-refractivity contribution >= 4 is 0 Å². The standard InChI is InChI=1S/C18H25O/c19-18-16(14-8-3-1-4-9-14)12-7-13-17(18)15-10-5-2-6-11-15/h7,12,14-15,19H,1-6,8-11H2. The van der Waals surface area contributed by atoms with E-state index >= 15 is 0 Å². The molecule has 0 atom stereocenters. The van der Waals surface area contributed by atoms with Gasteiger partial charge in [-0.2, -0.15) is 0 Å². The molecule has 0 aliphatic heterocycles. The maximum absolute atomic E-state index is 10.7. The Kier molecular flexibility index (Phi) is 4.10. The lowest BCUT2D eigenvalue weighted by Gasteiger charge is -2.27. The molecule has 19 heavy (non-hydrogen) atoms. The normalized spacial score (nSPS) is 22.5. The highest BCUT2D eigenvalue weighted by Gasteiger charge is 2.24. The summed E-state index contributed by atoms with van der Waals surface area (Å²) in [6, 6.07) is 7.49. The molecular weight excluding hydrogens is 232 g/mol. The number of phenols is 1. The molecule has 0 aromatic heterocycles. The van der Waals surface area contributed by atoms with Gasteiger partial charge in [-0.15, -0.1) is 0 Å². The van der Waals surface area contributed by atoms with E-state index in [4.69, 9.17) is 0 Å². The zero-order valence-corrected chi connectivity index (χ0v) is 11.8. The zero-order valence-electron chi connectivity index (χ0n) is 11.8. The summed E-state index contributed by atoms with van der Waals surface area (Å²) in [6.45, 7) is 0. The topological polar surface area (TPSA) is 20.2 Å². The van der Waals surface area contributed by atoms with Crippen molar-refractivity contribution < 1.29 is 5.11 Å². The van der Waals surface area contributed by atoms with Crippen LogP contribution in [0, 0.1) is 6.07 Å². The van der Waals surface area contributed by atoms with Gasteiger partial charge in [0.05, 0.1) is 0 Å². The predicted molar refractivity (Wildman–Crippen MR) is 78.6 cm³/mol. The lowest BCUT2D eigenvalue weighted by Crippen LogP contribution is -2.09. The van der Waals surface area contributed by atoms with Crippen LogP contribution in [0.2, 0.25) is 0 Å². The summed E-state index contributed by atoms with van der Waals surface area (Å²) >= 11 is 0. The van der Waals surface area contributed by atoms with E-state index in [1.807, 2.05) is 6.07 Å². The van der Waals surface area contributed by atoms with E-state index in [1.54, 1.807) is 0 Å². The fraction of sp³-hybridized carbons (Fsp3) is 0.667. The summed E-state index contributed by atoms with van der Waals surface area (Å²) in [7, 11) is 0. The number of benzene rings is 1. The van der Waals surface area contributed by atoms with Gasteiger partial charge in [-0.1, -0.05) is 50.7 Å². The Bertz CT molecular complexity index is 375. The van der Waals surface area contributed by atoms with Gasteiger partial charge in [-0.05, 0) is 49.1 Å². The Morgan fingerprint density at radius 1 is 0.842 bits per heavy atom. The predicted octanol–water partition coefficient (Wildman–Crippen LogP) is 5.29. The van der Waals surface area contributed by atoms with Crippen molar-refractivity contribution in [2.75, 3.05) is 0 Å². The van der Waals surface area contributed by atoms with E-state index in [-0.39, 0.29) is 0 Å². The third-order valence-corrected chi connectivity index (χ3v) is 5.09. The lowest BCUT2D eigenvalue weighted by atomic mass is 9.79. The Morgan fingerprint density at radius 2 is 1.42 bits per heavy atom. The molecule has 1 nitrogen and oxygen atoms in total. The van der Waals surface area contributed by atoms with Crippen LogP contribution >= 0.6 is 0 Å². The van der Waals surface area contributed by atoms with E-state index in [1.165, 1.54) is 69.8 Å². The van der Waals surface area contributed by atoms with Crippen molar-refractivity contribution in [3.05, 3.63) is 29.3 Å². The summed E-state index contributed by atoms with van der Waals surface area (Å²) in [5.41, 5.74) is 2.32. The van der Waals surface area contributed by atoms with Crippen molar-refractivity contribution in [2.45, 2.75) is 76.0 Å². The van der Waals surface area contributed by atoms with Crippen LogP contribution in [-0.2, 0) is 0 Å². The average Bonchev–Trinajstić information content (AvgIpc) is 2.49. The van der Waals surface area contributed by atoms with Crippen LogP contribution in [0.3, 0.4) is 0 Å². The summed E-state index contributed by atoms with van der Waals surface area (Å²) in [4.78, 5) is 0. The SMILES string of the molecule is Oc1c(C2CCCCC2)[c]ccc1C1CCCCC1. The molecule has 0 unspecified atom stereocenters. The molecule has 0 spiro atoms. The second-order valence-corrected chi connectivity index (χ2v) is 6.37. The highest BCUT2D eigenvalue weighted by Crippen LogP contribution is 2.43. The first-order chi connectivity index (χ1) is 9.36. The fourth-order valence-electron chi connectivity index (χ4n) is 3.97. The maximum atomic E-state index is 10.7.